The molecule has 3 heterocycles. The highest BCUT2D eigenvalue weighted by atomic mass is 16.1. The van der Waals surface area contributed by atoms with Gasteiger partial charge in [-0.1, -0.05) is 12.8 Å². The van der Waals surface area contributed by atoms with Crippen molar-refractivity contribution in [2.75, 3.05) is 57.3 Å². The average Bonchev–Trinajstić information content (AvgIpc) is 2.98. The lowest BCUT2D eigenvalue weighted by atomic mass is 10.2. The number of rotatable bonds is 4. The summed E-state index contributed by atoms with van der Waals surface area (Å²) in [6.45, 7) is 9.25. The van der Waals surface area contributed by atoms with Gasteiger partial charge in [0, 0.05) is 52.0 Å². The molecular formula is C21H31N5O. The molecule has 2 aromatic rings. The van der Waals surface area contributed by atoms with Crippen molar-refractivity contribution in [3.05, 3.63) is 34.9 Å². The van der Waals surface area contributed by atoms with Crippen molar-refractivity contribution < 1.29 is 0 Å². The summed E-state index contributed by atoms with van der Waals surface area (Å²) < 4.78 is 1.53. The standard InChI is InChI=1S/C21H31N5O/c1-23-17-22-20-16-18(6-7-19(20)21(23)27)26-14-12-25(13-15-26)11-10-24-8-4-2-3-5-9-24/h6-7,16-17H,2-5,8-15H2,1H3. The molecule has 0 N–H and O–H groups in total. The Labute approximate surface area is 161 Å². The lowest BCUT2D eigenvalue weighted by Crippen LogP contribution is -2.48. The van der Waals surface area contributed by atoms with Crippen LogP contribution in [0.5, 0.6) is 0 Å². The van der Waals surface area contributed by atoms with Crippen molar-refractivity contribution in [3.8, 4) is 0 Å². The maximum absolute atomic E-state index is 12.2. The second-order valence-electron chi connectivity index (χ2n) is 7.95. The second kappa shape index (κ2) is 8.40. The summed E-state index contributed by atoms with van der Waals surface area (Å²) >= 11 is 0. The molecule has 4 rings (SSSR count). The Morgan fingerprint density at radius 1 is 0.889 bits per heavy atom. The van der Waals surface area contributed by atoms with E-state index in [4.69, 9.17) is 0 Å². The molecule has 1 aromatic heterocycles. The van der Waals surface area contributed by atoms with Gasteiger partial charge in [-0.25, -0.2) is 4.98 Å². The highest BCUT2D eigenvalue weighted by Crippen LogP contribution is 2.20. The first-order chi connectivity index (χ1) is 13.2. The van der Waals surface area contributed by atoms with Crippen LogP contribution in [-0.2, 0) is 7.05 Å². The van der Waals surface area contributed by atoms with Crippen molar-refractivity contribution in [1.29, 1.82) is 0 Å². The molecule has 6 heteroatoms. The Balaban J connectivity index is 1.33. The first-order valence-corrected chi connectivity index (χ1v) is 10.4. The summed E-state index contributed by atoms with van der Waals surface area (Å²) in [5.41, 5.74) is 1.99. The van der Waals surface area contributed by atoms with E-state index in [1.807, 2.05) is 6.07 Å². The van der Waals surface area contributed by atoms with Gasteiger partial charge in [0.15, 0.2) is 0 Å². The van der Waals surface area contributed by atoms with E-state index in [1.165, 1.54) is 62.1 Å². The highest BCUT2D eigenvalue weighted by Gasteiger charge is 2.19. The SMILES string of the molecule is Cn1cnc2cc(N3CCN(CCN4CCCCCC4)CC3)ccc2c1=O. The molecule has 2 fully saturated rings. The molecule has 0 atom stereocenters. The molecule has 0 amide bonds. The Morgan fingerprint density at radius 3 is 2.26 bits per heavy atom. The number of likely N-dealkylation sites (tertiary alicyclic amines) is 1. The smallest absolute Gasteiger partial charge is 0.260 e. The first kappa shape index (κ1) is 18.4. The van der Waals surface area contributed by atoms with E-state index in [0.717, 1.165) is 31.7 Å². The summed E-state index contributed by atoms with van der Waals surface area (Å²) in [6, 6.07) is 6.05. The van der Waals surface area contributed by atoms with Gasteiger partial charge in [0.1, 0.15) is 0 Å². The number of benzene rings is 1. The van der Waals surface area contributed by atoms with E-state index >= 15 is 0 Å². The van der Waals surface area contributed by atoms with Crippen molar-refractivity contribution in [2.24, 2.45) is 7.05 Å². The molecule has 6 nitrogen and oxygen atoms in total. The van der Waals surface area contributed by atoms with Gasteiger partial charge in [-0.05, 0) is 44.1 Å². The number of fused-ring (bicyclic) bond motifs is 1. The van der Waals surface area contributed by atoms with Gasteiger partial charge in [0.25, 0.3) is 5.56 Å². The van der Waals surface area contributed by atoms with Crippen molar-refractivity contribution in [1.82, 2.24) is 19.4 Å². The molecule has 0 bridgehead atoms. The number of nitrogens with zero attached hydrogens (tertiary/aromatic N) is 5. The van der Waals surface area contributed by atoms with Crippen LogP contribution >= 0.6 is 0 Å². The van der Waals surface area contributed by atoms with Crippen LogP contribution in [0.15, 0.2) is 29.3 Å². The number of hydrogen-bond acceptors (Lipinski definition) is 5. The summed E-state index contributed by atoms with van der Waals surface area (Å²) in [6.07, 6.45) is 7.15. The van der Waals surface area contributed by atoms with Crippen LogP contribution in [0.4, 0.5) is 5.69 Å². The van der Waals surface area contributed by atoms with Crippen molar-refractivity contribution in [3.63, 3.8) is 0 Å². The van der Waals surface area contributed by atoms with Crippen molar-refractivity contribution >= 4 is 16.6 Å². The Kier molecular flexibility index (Phi) is 5.74. The van der Waals surface area contributed by atoms with Gasteiger partial charge in [-0.15, -0.1) is 0 Å². The van der Waals surface area contributed by atoms with Crippen LogP contribution < -0.4 is 10.5 Å². The topological polar surface area (TPSA) is 44.6 Å². The minimum Gasteiger partial charge on any atom is -0.369 e. The summed E-state index contributed by atoms with van der Waals surface area (Å²) in [7, 11) is 1.74. The fourth-order valence-corrected chi connectivity index (χ4v) is 4.27. The van der Waals surface area contributed by atoms with Crippen LogP contribution in [-0.4, -0.2) is 71.7 Å². The Morgan fingerprint density at radius 2 is 1.56 bits per heavy atom. The summed E-state index contributed by atoms with van der Waals surface area (Å²) in [5, 5.41) is 0.694. The third kappa shape index (κ3) is 4.33. The third-order valence-electron chi connectivity index (χ3n) is 6.07. The molecule has 146 valence electrons. The Hall–Kier alpha value is -1.92. The molecule has 0 spiro atoms. The van der Waals surface area contributed by atoms with Crippen LogP contribution in [0.25, 0.3) is 10.9 Å². The Bertz CT molecular complexity index is 817. The monoisotopic (exact) mass is 369 g/mol. The zero-order chi connectivity index (χ0) is 18.6. The lowest BCUT2D eigenvalue weighted by molar-refractivity contribution is 0.200. The highest BCUT2D eigenvalue weighted by molar-refractivity contribution is 5.81. The van der Waals surface area contributed by atoms with Crippen LogP contribution in [0.2, 0.25) is 0 Å². The molecule has 1 aromatic carbocycles. The molecular weight excluding hydrogens is 338 g/mol. The normalized spacial score (nSPS) is 20.1. The van der Waals surface area contributed by atoms with E-state index < -0.39 is 0 Å². The van der Waals surface area contributed by atoms with E-state index in [0.29, 0.717) is 5.39 Å². The lowest BCUT2D eigenvalue weighted by Gasteiger charge is -2.37. The molecule has 0 radical (unpaired) electrons. The number of piperazine rings is 1. The quantitative estimate of drug-likeness (QED) is 0.824. The van der Waals surface area contributed by atoms with Crippen LogP contribution in [0.1, 0.15) is 25.7 Å². The first-order valence-electron chi connectivity index (χ1n) is 10.4. The molecule has 0 unspecified atom stereocenters. The fourth-order valence-electron chi connectivity index (χ4n) is 4.27. The van der Waals surface area contributed by atoms with Gasteiger partial charge in [0.2, 0.25) is 0 Å². The minimum absolute atomic E-state index is 0.0184. The fraction of sp³-hybridized carbons (Fsp3) is 0.619. The summed E-state index contributed by atoms with van der Waals surface area (Å²) in [4.78, 5) is 24.3. The van der Waals surface area contributed by atoms with Gasteiger partial charge in [-0.2, -0.15) is 0 Å². The van der Waals surface area contributed by atoms with Crippen molar-refractivity contribution in [2.45, 2.75) is 25.7 Å². The zero-order valence-electron chi connectivity index (χ0n) is 16.4. The van der Waals surface area contributed by atoms with E-state index in [2.05, 4.69) is 31.8 Å². The predicted octanol–water partition coefficient (Wildman–Crippen LogP) is 1.93. The molecule has 2 aliphatic heterocycles. The van der Waals surface area contributed by atoms with Crippen LogP contribution in [0.3, 0.4) is 0 Å². The third-order valence-corrected chi connectivity index (χ3v) is 6.07. The number of anilines is 1. The van der Waals surface area contributed by atoms with Gasteiger partial charge < -0.3 is 14.4 Å². The van der Waals surface area contributed by atoms with Gasteiger partial charge in [0.05, 0.1) is 17.2 Å². The van der Waals surface area contributed by atoms with E-state index in [1.54, 1.807) is 13.4 Å². The molecule has 27 heavy (non-hydrogen) atoms. The maximum Gasteiger partial charge on any atom is 0.260 e. The predicted molar refractivity (Wildman–Crippen MR) is 111 cm³/mol. The summed E-state index contributed by atoms with van der Waals surface area (Å²) in [5.74, 6) is 0. The van der Waals surface area contributed by atoms with Gasteiger partial charge >= 0.3 is 0 Å². The van der Waals surface area contributed by atoms with E-state index in [-0.39, 0.29) is 5.56 Å². The van der Waals surface area contributed by atoms with Gasteiger partial charge in [-0.3, -0.25) is 9.69 Å². The molecule has 2 saturated heterocycles. The zero-order valence-corrected chi connectivity index (χ0v) is 16.4. The number of aromatic nitrogens is 2. The molecule has 0 aliphatic carbocycles. The maximum atomic E-state index is 12.2. The van der Waals surface area contributed by atoms with E-state index in [9.17, 15) is 4.79 Å². The number of hydrogen-bond donors (Lipinski definition) is 0. The minimum atomic E-state index is 0.0184. The average molecular weight is 370 g/mol. The second-order valence-corrected chi connectivity index (χ2v) is 7.95. The number of aryl methyl sites for hydroxylation is 1. The molecule has 2 aliphatic rings. The van der Waals surface area contributed by atoms with Crippen LogP contribution in [0, 0.1) is 0 Å². The largest absolute Gasteiger partial charge is 0.369 e. The molecule has 0 saturated carbocycles.